The normalized spacial score (nSPS) is 11.8. The third-order valence-electron chi connectivity index (χ3n) is 7.72. The van der Waals surface area contributed by atoms with Crippen molar-refractivity contribution >= 4 is 64.4 Å². The average molecular weight is 619 g/mol. The van der Waals surface area contributed by atoms with Gasteiger partial charge >= 0.3 is 0 Å². The average Bonchev–Trinajstić information content (AvgIpc) is 3.24. The molecule has 3 heteroatoms. The first kappa shape index (κ1) is 26.5. The highest BCUT2D eigenvalue weighted by Gasteiger charge is 2.19. The van der Waals surface area contributed by atoms with Crippen LogP contribution < -0.4 is 0 Å². The van der Waals surface area contributed by atoms with Crippen LogP contribution in [0.15, 0.2) is 75.7 Å². The van der Waals surface area contributed by atoms with Gasteiger partial charge in [-0.05, 0) is 71.8 Å². The summed E-state index contributed by atoms with van der Waals surface area (Å²) in [5, 5.41) is 5.25. The minimum atomic E-state index is 1.10. The standard InChI is InChI=1S/C34H37Br2N/c1-3-5-7-9-15-24-22-32(25(21-29(24)35)16-10-8-6-4-2)37-31-20-14-13-19-28(31)34-27-18-12-11-17-26(27)30(36)23-33(34)37/h11-14,17-23H,3-10,15-16H2,1-2H3. The Balaban J connectivity index is 1.74. The Morgan fingerprint density at radius 3 is 1.89 bits per heavy atom. The predicted octanol–water partition coefficient (Wildman–Crippen LogP) is 11.7. The Morgan fingerprint density at radius 2 is 1.19 bits per heavy atom. The number of halogens is 2. The van der Waals surface area contributed by atoms with E-state index in [-0.39, 0.29) is 0 Å². The molecule has 192 valence electrons. The van der Waals surface area contributed by atoms with Crippen molar-refractivity contribution in [3.8, 4) is 5.69 Å². The Hall–Kier alpha value is -2.10. The molecular formula is C34H37Br2N. The van der Waals surface area contributed by atoms with Gasteiger partial charge in [0.25, 0.3) is 0 Å². The molecule has 0 bridgehead atoms. The van der Waals surface area contributed by atoms with Crippen molar-refractivity contribution in [3.63, 3.8) is 0 Å². The number of benzene rings is 4. The minimum Gasteiger partial charge on any atom is -0.309 e. The van der Waals surface area contributed by atoms with Crippen molar-refractivity contribution in [1.82, 2.24) is 4.57 Å². The second-order valence-electron chi connectivity index (χ2n) is 10.3. The summed E-state index contributed by atoms with van der Waals surface area (Å²) in [5.74, 6) is 0. The van der Waals surface area contributed by atoms with Gasteiger partial charge in [0.05, 0.1) is 11.0 Å². The molecule has 0 radical (unpaired) electrons. The van der Waals surface area contributed by atoms with E-state index < -0.39 is 0 Å². The quantitative estimate of drug-likeness (QED) is 0.130. The molecule has 37 heavy (non-hydrogen) atoms. The van der Waals surface area contributed by atoms with Crippen LogP contribution in [0.5, 0.6) is 0 Å². The molecule has 0 aliphatic rings. The van der Waals surface area contributed by atoms with Gasteiger partial charge in [-0.15, -0.1) is 0 Å². The Morgan fingerprint density at radius 1 is 0.568 bits per heavy atom. The number of aromatic nitrogens is 1. The van der Waals surface area contributed by atoms with E-state index in [1.165, 1.54) is 105 Å². The van der Waals surface area contributed by atoms with E-state index in [0.717, 1.165) is 17.3 Å². The second kappa shape index (κ2) is 12.2. The summed E-state index contributed by atoms with van der Waals surface area (Å²) in [6.07, 6.45) is 12.4. The van der Waals surface area contributed by atoms with Crippen LogP contribution in [0.3, 0.4) is 0 Å². The van der Waals surface area contributed by atoms with E-state index >= 15 is 0 Å². The third kappa shape index (κ3) is 5.40. The topological polar surface area (TPSA) is 4.93 Å². The Kier molecular flexibility index (Phi) is 8.72. The van der Waals surface area contributed by atoms with Crippen LogP contribution in [0.25, 0.3) is 38.3 Å². The van der Waals surface area contributed by atoms with Crippen LogP contribution in [0.2, 0.25) is 0 Å². The van der Waals surface area contributed by atoms with Crippen molar-refractivity contribution in [3.05, 3.63) is 86.8 Å². The summed E-state index contributed by atoms with van der Waals surface area (Å²) >= 11 is 7.88. The zero-order valence-corrected chi connectivity index (χ0v) is 25.3. The first-order chi connectivity index (χ1) is 18.1. The number of fused-ring (bicyclic) bond motifs is 5. The maximum absolute atomic E-state index is 3.96. The van der Waals surface area contributed by atoms with Gasteiger partial charge < -0.3 is 4.57 Å². The van der Waals surface area contributed by atoms with Crippen LogP contribution in [0.1, 0.15) is 76.3 Å². The van der Waals surface area contributed by atoms with Crippen LogP contribution in [-0.4, -0.2) is 4.57 Å². The molecule has 4 aromatic carbocycles. The summed E-state index contributed by atoms with van der Waals surface area (Å²) in [6.45, 7) is 4.57. The maximum Gasteiger partial charge on any atom is 0.0558 e. The van der Waals surface area contributed by atoms with Gasteiger partial charge in [0.1, 0.15) is 0 Å². The van der Waals surface area contributed by atoms with Gasteiger partial charge in [-0.3, -0.25) is 0 Å². The molecule has 1 aromatic heterocycles. The summed E-state index contributed by atoms with van der Waals surface area (Å²) in [6, 6.07) is 25.0. The molecule has 5 aromatic rings. The highest BCUT2D eigenvalue weighted by molar-refractivity contribution is 9.11. The molecule has 0 saturated carbocycles. The van der Waals surface area contributed by atoms with Gasteiger partial charge in [0.15, 0.2) is 0 Å². The molecule has 0 aliphatic carbocycles. The minimum absolute atomic E-state index is 1.10. The summed E-state index contributed by atoms with van der Waals surface area (Å²) in [5.41, 5.74) is 6.77. The fourth-order valence-electron chi connectivity index (χ4n) is 5.78. The third-order valence-corrected chi connectivity index (χ3v) is 9.11. The lowest BCUT2D eigenvalue weighted by Crippen LogP contribution is -2.03. The second-order valence-corrected chi connectivity index (χ2v) is 12.1. The number of unbranched alkanes of at least 4 members (excludes halogenated alkanes) is 6. The van der Waals surface area contributed by atoms with Crippen molar-refractivity contribution in [2.24, 2.45) is 0 Å². The number of rotatable bonds is 11. The van der Waals surface area contributed by atoms with E-state index in [2.05, 4.69) is 117 Å². The SMILES string of the molecule is CCCCCCc1cc(-n2c3ccccc3c3c4ccccc4c(Br)cc32)c(CCCCCC)cc1Br. The molecule has 0 unspecified atom stereocenters. The van der Waals surface area contributed by atoms with E-state index in [1.54, 1.807) is 0 Å². The number of para-hydroxylation sites is 1. The van der Waals surface area contributed by atoms with Gasteiger partial charge in [-0.2, -0.15) is 0 Å². The maximum atomic E-state index is 3.96. The van der Waals surface area contributed by atoms with E-state index in [4.69, 9.17) is 0 Å². The zero-order chi connectivity index (χ0) is 25.8. The molecular weight excluding hydrogens is 582 g/mol. The smallest absolute Gasteiger partial charge is 0.0558 e. The molecule has 0 amide bonds. The van der Waals surface area contributed by atoms with Crippen LogP contribution in [0, 0.1) is 0 Å². The lowest BCUT2D eigenvalue weighted by Gasteiger charge is -2.18. The zero-order valence-electron chi connectivity index (χ0n) is 22.1. The molecule has 0 atom stereocenters. The highest BCUT2D eigenvalue weighted by atomic mass is 79.9. The highest BCUT2D eigenvalue weighted by Crippen LogP contribution is 2.41. The van der Waals surface area contributed by atoms with Gasteiger partial charge in [-0.25, -0.2) is 0 Å². The predicted molar refractivity (Wildman–Crippen MR) is 169 cm³/mol. The lowest BCUT2D eigenvalue weighted by atomic mass is 9.99. The Labute approximate surface area is 238 Å². The first-order valence-electron chi connectivity index (χ1n) is 14.1. The van der Waals surface area contributed by atoms with Crippen LogP contribution in [0.4, 0.5) is 0 Å². The number of hydrogen-bond acceptors (Lipinski definition) is 0. The number of hydrogen-bond donors (Lipinski definition) is 0. The lowest BCUT2D eigenvalue weighted by molar-refractivity contribution is 0.661. The number of nitrogens with zero attached hydrogens (tertiary/aromatic N) is 1. The van der Waals surface area contributed by atoms with Crippen molar-refractivity contribution in [2.45, 2.75) is 78.1 Å². The van der Waals surface area contributed by atoms with Crippen molar-refractivity contribution in [2.75, 3.05) is 0 Å². The molecule has 0 fully saturated rings. The molecule has 0 N–H and O–H groups in total. The van der Waals surface area contributed by atoms with E-state index in [0.29, 0.717) is 0 Å². The summed E-state index contributed by atoms with van der Waals surface area (Å²) in [7, 11) is 0. The fourth-order valence-corrected chi connectivity index (χ4v) is 6.93. The monoisotopic (exact) mass is 617 g/mol. The molecule has 5 rings (SSSR count). The largest absolute Gasteiger partial charge is 0.309 e. The summed E-state index contributed by atoms with van der Waals surface area (Å²) in [4.78, 5) is 0. The molecule has 1 nitrogen and oxygen atoms in total. The van der Waals surface area contributed by atoms with Crippen molar-refractivity contribution < 1.29 is 0 Å². The van der Waals surface area contributed by atoms with Gasteiger partial charge in [0.2, 0.25) is 0 Å². The molecule has 1 heterocycles. The molecule has 0 saturated heterocycles. The number of aryl methyl sites for hydroxylation is 2. The van der Waals surface area contributed by atoms with E-state index in [9.17, 15) is 0 Å². The Bertz CT molecular complexity index is 1530. The van der Waals surface area contributed by atoms with Gasteiger partial charge in [-0.1, -0.05) is 127 Å². The molecule has 0 aliphatic heterocycles. The summed E-state index contributed by atoms with van der Waals surface area (Å²) < 4.78 is 4.96. The molecule has 0 spiro atoms. The van der Waals surface area contributed by atoms with Crippen LogP contribution >= 0.6 is 31.9 Å². The first-order valence-corrected chi connectivity index (χ1v) is 15.6. The van der Waals surface area contributed by atoms with Gasteiger partial charge in [0, 0.05) is 25.4 Å². The van der Waals surface area contributed by atoms with E-state index in [1.807, 2.05) is 0 Å². The fraction of sp³-hybridized carbons (Fsp3) is 0.353. The van der Waals surface area contributed by atoms with Crippen molar-refractivity contribution in [1.29, 1.82) is 0 Å². The van der Waals surface area contributed by atoms with Crippen LogP contribution in [-0.2, 0) is 12.8 Å².